The molecule has 0 spiro atoms. The lowest BCUT2D eigenvalue weighted by Gasteiger charge is -2.10. The number of rotatable bonds is 3. The van der Waals surface area contributed by atoms with E-state index in [9.17, 15) is 9.18 Å². The van der Waals surface area contributed by atoms with E-state index in [0.29, 0.717) is 5.69 Å². The minimum atomic E-state index is -0.277. The number of aromatic nitrogens is 3. The second kappa shape index (κ2) is 6.64. The van der Waals surface area contributed by atoms with Crippen molar-refractivity contribution in [1.29, 1.82) is 0 Å². The Morgan fingerprint density at radius 3 is 2.70 bits per heavy atom. The van der Waals surface area contributed by atoms with Crippen molar-refractivity contribution < 1.29 is 9.18 Å². The molecule has 0 aliphatic heterocycles. The smallest absolute Gasteiger partial charge is 0.275 e. The van der Waals surface area contributed by atoms with Crippen molar-refractivity contribution in [2.24, 2.45) is 7.05 Å². The fraction of sp³-hybridized carbons (Fsp3) is 0.0952. The predicted molar refractivity (Wildman–Crippen MR) is 103 cm³/mol. The zero-order chi connectivity index (χ0) is 19.0. The zero-order valence-corrected chi connectivity index (χ0v) is 14.9. The van der Waals surface area contributed by atoms with Crippen molar-refractivity contribution in [3.63, 3.8) is 0 Å². The summed E-state index contributed by atoms with van der Waals surface area (Å²) in [6, 6.07) is 14.0. The average molecular weight is 360 g/mol. The SMILES string of the molecule is Cc1cc(-c2ccc3cc(F)ccc3n2)ccc1NC(=O)c1cn(C)cn1. The third-order valence-electron chi connectivity index (χ3n) is 4.36. The third kappa shape index (κ3) is 3.42. The van der Waals surface area contributed by atoms with Crippen LogP contribution in [0.4, 0.5) is 10.1 Å². The van der Waals surface area contributed by atoms with Gasteiger partial charge in [-0.05, 0) is 48.9 Å². The van der Waals surface area contributed by atoms with Crippen LogP contribution in [0.1, 0.15) is 16.1 Å². The first-order chi connectivity index (χ1) is 13.0. The predicted octanol–water partition coefficient (Wildman–Crippen LogP) is 4.34. The maximum atomic E-state index is 13.3. The summed E-state index contributed by atoms with van der Waals surface area (Å²) in [5.74, 6) is -0.529. The van der Waals surface area contributed by atoms with E-state index in [4.69, 9.17) is 0 Å². The summed E-state index contributed by atoms with van der Waals surface area (Å²) in [4.78, 5) is 20.9. The molecular weight excluding hydrogens is 343 g/mol. The normalized spacial score (nSPS) is 10.9. The van der Waals surface area contributed by atoms with Gasteiger partial charge in [-0.3, -0.25) is 4.79 Å². The number of hydrogen-bond acceptors (Lipinski definition) is 3. The number of pyridine rings is 1. The van der Waals surface area contributed by atoms with Crippen LogP contribution in [0.3, 0.4) is 0 Å². The molecule has 0 unspecified atom stereocenters. The third-order valence-corrected chi connectivity index (χ3v) is 4.36. The van der Waals surface area contributed by atoms with Crippen LogP contribution in [0.5, 0.6) is 0 Å². The van der Waals surface area contributed by atoms with Gasteiger partial charge in [0.2, 0.25) is 0 Å². The minimum Gasteiger partial charge on any atom is -0.340 e. The van der Waals surface area contributed by atoms with Gasteiger partial charge in [-0.1, -0.05) is 12.1 Å². The summed E-state index contributed by atoms with van der Waals surface area (Å²) < 4.78 is 15.0. The van der Waals surface area contributed by atoms with Crippen molar-refractivity contribution in [3.8, 4) is 11.3 Å². The molecule has 0 atom stereocenters. The molecule has 0 aliphatic carbocycles. The summed E-state index contributed by atoms with van der Waals surface area (Å²) >= 11 is 0. The van der Waals surface area contributed by atoms with E-state index in [-0.39, 0.29) is 11.7 Å². The minimum absolute atomic E-state index is 0.252. The van der Waals surface area contributed by atoms with Gasteiger partial charge in [-0.15, -0.1) is 0 Å². The average Bonchev–Trinajstić information content (AvgIpc) is 3.09. The van der Waals surface area contributed by atoms with Crippen molar-refractivity contribution in [3.05, 3.63) is 78.1 Å². The van der Waals surface area contributed by atoms with Gasteiger partial charge in [0.1, 0.15) is 11.5 Å². The van der Waals surface area contributed by atoms with Crippen LogP contribution in [0.2, 0.25) is 0 Å². The number of nitrogens with one attached hydrogen (secondary N) is 1. The van der Waals surface area contributed by atoms with Gasteiger partial charge < -0.3 is 9.88 Å². The number of benzene rings is 2. The Bertz CT molecular complexity index is 1170. The molecule has 0 saturated carbocycles. The van der Waals surface area contributed by atoms with E-state index in [1.165, 1.54) is 12.1 Å². The van der Waals surface area contributed by atoms with Crippen molar-refractivity contribution in [2.75, 3.05) is 5.32 Å². The van der Waals surface area contributed by atoms with Crippen LogP contribution in [0, 0.1) is 12.7 Å². The summed E-state index contributed by atoms with van der Waals surface area (Å²) in [5, 5.41) is 3.64. The molecule has 0 fully saturated rings. The second-order valence-corrected chi connectivity index (χ2v) is 6.44. The van der Waals surface area contributed by atoms with E-state index < -0.39 is 0 Å². The molecule has 6 heteroatoms. The molecule has 0 radical (unpaired) electrons. The van der Waals surface area contributed by atoms with Gasteiger partial charge in [0.15, 0.2) is 0 Å². The summed E-state index contributed by atoms with van der Waals surface area (Å²) in [5.41, 5.74) is 4.45. The Labute approximate surface area is 155 Å². The maximum Gasteiger partial charge on any atom is 0.275 e. The summed E-state index contributed by atoms with van der Waals surface area (Å²) in [7, 11) is 1.81. The molecule has 1 N–H and O–H groups in total. The number of nitrogens with zero attached hydrogens (tertiary/aromatic N) is 3. The standard InChI is InChI=1S/C21H17FN4O/c1-13-9-14(18-7-4-15-10-16(22)5-8-19(15)24-18)3-6-17(13)25-21(27)20-11-26(2)12-23-20/h3-12H,1-2H3,(H,25,27). The van der Waals surface area contributed by atoms with Crippen LogP contribution in [-0.2, 0) is 7.05 Å². The Hall–Kier alpha value is -3.54. The van der Waals surface area contributed by atoms with Crippen LogP contribution in [0.25, 0.3) is 22.2 Å². The number of amides is 1. The lowest BCUT2D eigenvalue weighted by atomic mass is 10.1. The lowest BCUT2D eigenvalue weighted by molar-refractivity contribution is 0.102. The highest BCUT2D eigenvalue weighted by molar-refractivity contribution is 6.03. The largest absolute Gasteiger partial charge is 0.340 e. The summed E-state index contributed by atoms with van der Waals surface area (Å²) in [6.07, 6.45) is 3.25. The number of anilines is 1. The Balaban J connectivity index is 1.61. The van der Waals surface area contributed by atoms with E-state index in [0.717, 1.165) is 33.4 Å². The number of halogens is 1. The van der Waals surface area contributed by atoms with Crippen molar-refractivity contribution >= 4 is 22.5 Å². The second-order valence-electron chi connectivity index (χ2n) is 6.44. The fourth-order valence-electron chi connectivity index (χ4n) is 2.94. The number of fused-ring (bicyclic) bond motifs is 1. The highest BCUT2D eigenvalue weighted by Crippen LogP contribution is 2.26. The van der Waals surface area contributed by atoms with Gasteiger partial charge >= 0.3 is 0 Å². The molecule has 134 valence electrons. The first-order valence-corrected chi connectivity index (χ1v) is 8.46. The molecule has 0 aliphatic rings. The molecule has 0 bridgehead atoms. The Morgan fingerprint density at radius 1 is 1.11 bits per heavy atom. The molecule has 4 aromatic rings. The molecule has 27 heavy (non-hydrogen) atoms. The van der Waals surface area contributed by atoms with Crippen LogP contribution >= 0.6 is 0 Å². The topological polar surface area (TPSA) is 59.8 Å². The van der Waals surface area contributed by atoms with Crippen molar-refractivity contribution in [1.82, 2.24) is 14.5 Å². The van der Waals surface area contributed by atoms with Gasteiger partial charge in [-0.25, -0.2) is 14.4 Å². The highest BCUT2D eigenvalue weighted by Gasteiger charge is 2.11. The zero-order valence-electron chi connectivity index (χ0n) is 14.9. The number of carbonyl (C=O) groups excluding carboxylic acids is 1. The van der Waals surface area contributed by atoms with Crippen LogP contribution < -0.4 is 5.32 Å². The van der Waals surface area contributed by atoms with E-state index in [1.807, 2.05) is 44.3 Å². The first-order valence-electron chi connectivity index (χ1n) is 8.46. The van der Waals surface area contributed by atoms with Gasteiger partial charge in [0.05, 0.1) is 17.5 Å². The van der Waals surface area contributed by atoms with E-state index in [1.54, 1.807) is 23.2 Å². The molecule has 0 saturated heterocycles. The Morgan fingerprint density at radius 2 is 1.96 bits per heavy atom. The van der Waals surface area contributed by atoms with Gasteiger partial charge in [0, 0.05) is 29.9 Å². The maximum absolute atomic E-state index is 13.3. The number of carbonyl (C=O) groups is 1. The molecule has 4 rings (SSSR count). The lowest BCUT2D eigenvalue weighted by Crippen LogP contribution is -2.13. The van der Waals surface area contributed by atoms with Crippen LogP contribution in [0.15, 0.2) is 61.1 Å². The monoisotopic (exact) mass is 360 g/mol. The molecule has 2 aromatic heterocycles. The van der Waals surface area contributed by atoms with Gasteiger partial charge in [0.25, 0.3) is 5.91 Å². The number of aryl methyl sites for hydroxylation is 2. The quantitative estimate of drug-likeness (QED) is 0.591. The van der Waals surface area contributed by atoms with E-state index >= 15 is 0 Å². The molecule has 2 aromatic carbocycles. The first kappa shape index (κ1) is 16.9. The highest BCUT2D eigenvalue weighted by atomic mass is 19.1. The van der Waals surface area contributed by atoms with Gasteiger partial charge in [-0.2, -0.15) is 0 Å². The fourth-order valence-corrected chi connectivity index (χ4v) is 2.94. The van der Waals surface area contributed by atoms with E-state index in [2.05, 4.69) is 15.3 Å². The van der Waals surface area contributed by atoms with Crippen LogP contribution in [-0.4, -0.2) is 20.4 Å². The molecular formula is C21H17FN4O. The van der Waals surface area contributed by atoms with Crippen molar-refractivity contribution in [2.45, 2.75) is 6.92 Å². The summed E-state index contributed by atoms with van der Waals surface area (Å²) in [6.45, 7) is 1.92. The molecule has 2 heterocycles. The Kier molecular flexibility index (Phi) is 4.16. The number of hydrogen-bond donors (Lipinski definition) is 1. The molecule has 5 nitrogen and oxygen atoms in total. The number of imidazole rings is 1. The molecule has 1 amide bonds.